The Kier molecular flexibility index (Phi) is 4.21. The molecule has 0 spiro atoms. The first kappa shape index (κ1) is 17.1. The van der Waals surface area contributed by atoms with Gasteiger partial charge in [-0.05, 0) is 40.7 Å². The van der Waals surface area contributed by atoms with Crippen molar-refractivity contribution in [3.63, 3.8) is 0 Å². The Hall–Kier alpha value is -1.28. The number of nitrogens with zero attached hydrogens (tertiary/aromatic N) is 1. The summed E-state index contributed by atoms with van der Waals surface area (Å²) in [6, 6.07) is 2.97. The van der Waals surface area contributed by atoms with Gasteiger partial charge in [0.25, 0.3) is 0 Å². The second-order valence-corrected chi connectivity index (χ2v) is 6.32. The standard InChI is InChI=1S/C14H19BF3NO3/c1-9(14(16,17)18)20-11-7-6-10(8-19-11)15-21-12(2,3)13(4,5)22-15/h6-9H,1-5H3/t9-/m0/s1. The van der Waals surface area contributed by atoms with Gasteiger partial charge in [-0.1, -0.05) is 6.07 Å². The van der Waals surface area contributed by atoms with Gasteiger partial charge in [-0.2, -0.15) is 13.2 Å². The molecule has 0 unspecified atom stereocenters. The second-order valence-electron chi connectivity index (χ2n) is 6.32. The van der Waals surface area contributed by atoms with Gasteiger partial charge in [0.05, 0.1) is 11.2 Å². The van der Waals surface area contributed by atoms with Crippen molar-refractivity contribution in [3.8, 4) is 5.88 Å². The minimum absolute atomic E-state index is 0.0925. The lowest BCUT2D eigenvalue weighted by atomic mass is 9.80. The van der Waals surface area contributed by atoms with E-state index in [1.54, 1.807) is 6.07 Å². The lowest BCUT2D eigenvalue weighted by Crippen LogP contribution is -2.41. The Bertz CT molecular complexity index is 515. The SMILES string of the molecule is C[C@H](Oc1ccc(B2OC(C)(C)C(C)(C)O2)cn1)C(F)(F)F. The molecule has 0 bridgehead atoms. The van der Waals surface area contributed by atoms with E-state index in [9.17, 15) is 13.2 Å². The van der Waals surface area contributed by atoms with Crippen LogP contribution in [0, 0.1) is 0 Å². The molecule has 2 rings (SSSR count). The van der Waals surface area contributed by atoms with Crippen molar-refractivity contribution in [1.29, 1.82) is 0 Å². The van der Waals surface area contributed by atoms with Crippen LogP contribution in [0.4, 0.5) is 13.2 Å². The Morgan fingerprint density at radius 2 is 1.68 bits per heavy atom. The fourth-order valence-electron chi connectivity index (χ4n) is 1.83. The number of rotatable bonds is 3. The zero-order valence-corrected chi connectivity index (χ0v) is 13.2. The summed E-state index contributed by atoms with van der Waals surface area (Å²) in [4.78, 5) is 3.89. The number of halogens is 3. The van der Waals surface area contributed by atoms with Gasteiger partial charge in [0.15, 0.2) is 6.10 Å². The summed E-state index contributed by atoms with van der Waals surface area (Å²) in [6.07, 6.45) is -4.94. The number of alkyl halides is 3. The number of aromatic nitrogens is 1. The first-order valence-electron chi connectivity index (χ1n) is 6.97. The maximum Gasteiger partial charge on any atom is 0.496 e. The van der Waals surface area contributed by atoms with Gasteiger partial charge in [-0.25, -0.2) is 4.98 Å². The zero-order chi connectivity index (χ0) is 16.8. The summed E-state index contributed by atoms with van der Waals surface area (Å²) < 4.78 is 53.8. The molecule has 1 aliphatic heterocycles. The molecule has 1 saturated heterocycles. The molecule has 0 radical (unpaired) electrons. The quantitative estimate of drug-likeness (QED) is 0.804. The van der Waals surface area contributed by atoms with Crippen LogP contribution >= 0.6 is 0 Å². The molecular weight excluding hydrogens is 298 g/mol. The zero-order valence-electron chi connectivity index (χ0n) is 13.2. The van der Waals surface area contributed by atoms with Crippen molar-refractivity contribution < 1.29 is 27.2 Å². The van der Waals surface area contributed by atoms with E-state index in [2.05, 4.69) is 4.98 Å². The molecule has 1 aromatic rings. The van der Waals surface area contributed by atoms with Gasteiger partial charge < -0.3 is 14.0 Å². The summed E-state index contributed by atoms with van der Waals surface area (Å²) in [6.45, 7) is 8.61. The third-order valence-corrected chi connectivity index (χ3v) is 4.04. The monoisotopic (exact) mass is 317 g/mol. The first-order valence-corrected chi connectivity index (χ1v) is 6.97. The molecule has 1 fully saturated rings. The molecule has 4 nitrogen and oxygen atoms in total. The van der Waals surface area contributed by atoms with E-state index in [1.807, 2.05) is 27.7 Å². The molecule has 0 saturated carbocycles. The van der Waals surface area contributed by atoms with Crippen LogP contribution in [-0.4, -0.2) is 35.6 Å². The summed E-state index contributed by atoms with van der Waals surface area (Å²) >= 11 is 0. The Labute approximate surface area is 128 Å². The van der Waals surface area contributed by atoms with Crippen molar-refractivity contribution in [2.45, 2.75) is 58.1 Å². The summed E-state index contributed by atoms with van der Waals surface area (Å²) in [7, 11) is -0.605. The highest BCUT2D eigenvalue weighted by Gasteiger charge is 2.51. The van der Waals surface area contributed by atoms with E-state index in [1.165, 1.54) is 12.3 Å². The number of ether oxygens (including phenoxy) is 1. The van der Waals surface area contributed by atoms with E-state index in [4.69, 9.17) is 14.0 Å². The van der Waals surface area contributed by atoms with Crippen molar-refractivity contribution in [2.24, 2.45) is 0 Å². The number of pyridine rings is 1. The van der Waals surface area contributed by atoms with Gasteiger partial charge in [-0.15, -0.1) is 0 Å². The minimum atomic E-state index is -4.42. The molecule has 122 valence electrons. The Morgan fingerprint density at radius 3 is 2.09 bits per heavy atom. The molecule has 1 aromatic heterocycles. The maximum atomic E-state index is 12.4. The van der Waals surface area contributed by atoms with Crippen LogP contribution in [0.5, 0.6) is 5.88 Å². The molecule has 2 heterocycles. The molecule has 22 heavy (non-hydrogen) atoms. The van der Waals surface area contributed by atoms with Crippen LogP contribution in [0.15, 0.2) is 18.3 Å². The minimum Gasteiger partial charge on any atom is -0.465 e. The van der Waals surface area contributed by atoms with Crippen molar-refractivity contribution >= 4 is 12.6 Å². The first-order chi connectivity index (χ1) is 9.92. The summed E-state index contributed by atoms with van der Waals surface area (Å²) in [5, 5.41) is 0. The van der Waals surface area contributed by atoms with Gasteiger partial charge in [-0.3, -0.25) is 0 Å². The normalized spacial score (nSPS) is 21.7. The summed E-state index contributed by atoms with van der Waals surface area (Å²) in [5.41, 5.74) is -0.347. The molecule has 0 aromatic carbocycles. The van der Waals surface area contributed by atoms with Crippen LogP contribution in [0.3, 0.4) is 0 Å². The topological polar surface area (TPSA) is 40.6 Å². The molecule has 1 aliphatic rings. The highest BCUT2D eigenvalue weighted by molar-refractivity contribution is 6.62. The Morgan fingerprint density at radius 1 is 1.14 bits per heavy atom. The van der Waals surface area contributed by atoms with Gasteiger partial charge >= 0.3 is 13.3 Å². The summed E-state index contributed by atoms with van der Waals surface area (Å²) in [5.74, 6) is -0.0925. The molecule has 1 atom stereocenters. The van der Waals surface area contributed by atoms with Gasteiger partial charge in [0.2, 0.25) is 5.88 Å². The van der Waals surface area contributed by atoms with Crippen LogP contribution in [0.25, 0.3) is 0 Å². The van der Waals surface area contributed by atoms with Gasteiger partial charge in [0, 0.05) is 11.7 Å². The maximum absolute atomic E-state index is 12.4. The van der Waals surface area contributed by atoms with Crippen LogP contribution in [-0.2, 0) is 9.31 Å². The van der Waals surface area contributed by atoms with Crippen LogP contribution in [0.1, 0.15) is 34.6 Å². The van der Waals surface area contributed by atoms with Crippen molar-refractivity contribution in [3.05, 3.63) is 18.3 Å². The highest BCUT2D eigenvalue weighted by atomic mass is 19.4. The van der Waals surface area contributed by atoms with Crippen LogP contribution in [0.2, 0.25) is 0 Å². The number of hydrogen-bond acceptors (Lipinski definition) is 4. The molecule has 0 aliphatic carbocycles. The largest absolute Gasteiger partial charge is 0.496 e. The van der Waals surface area contributed by atoms with E-state index in [0.717, 1.165) is 6.92 Å². The molecule has 0 N–H and O–H groups in total. The smallest absolute Gasteiger partial charge is 0.465 e. The lowest BCUT2D eigenvalue weighted by Gasteiger charge is -2.32. The van der Waals surface area contributed by atoms with Gasteiger partial charge in [0.1, 0.15) is 0 Å². The Balaban J connectivity index is 2.08. The fourth-order valence-corrected chi connectivity index (χ4v) is 1.83. The van der Waals surface area contributed by atoms with E-state index in [0.29, 0.717) is 5.46 Å². The lowest BCUT2D eigenvalue weighted by molar-refractivity contribution is -0.189. The van der Waals surface area contributed by atoms with E-state index < -0.39 is 30.6 Å². The predicted molar refractivity (Wildman–Crippen MR) is 76.1 cm³/mol. The second kappa shape index (κ2) is 5.42. The molecular formula is C14H19BF3NO3. The third kappa shape index (κ3) is 3.38. The average molecular weight is 317 g/mol. The van der Waals surface area contributed by atoms with Crippen molar-refractivity contribution in [2.75, 3.05) is 0 Å². The fraction of sp³-hybridized carbons (Fsp3) is 0.643. The predicted octanol–water partition coefficient (Wildman–Crippen LogP) is 2.71. The molecule has 8 heteroatoms. The third-order valence-electron chi connectivity index (χ3n) is 4.04. The highest BCUT2D eigenvalue weighted by Crippen LogP contribution is 2.36. The van der Waals surface area contributed by atoms with E-state index in [-0.39, 0.29) is 5.88 Å². The molecule has 0 amide bonds. The van der Waals surface area contributed by atoms with Crippen LogP contribution < -0.4 is 10.2 Å². The number of hydrogen-bond donors (Lipinski definition) is 0. The van der Waals surface area contributed by atoms with E-state index >= 15 is 0 Å². The van der Waals surface area contributed by atoms with Crippen molar-refractivity contribution in [1.82, 2.24) is 4.98 Å². The average Bonchev–Trinajstić information content (AvgIpc) is 2.58.